The summed E-state index contributed by atoms with van der Waals surface area (Å²) in [5, 5.41) is 1.77. The summed E-state index contributed by atoms with van der Waals surface area (Å²) in [6.45, 7) is 1.53. The third-order valence-electron chi connectivity index (χ3n) is 2.80. The SMILES string of the molecule is COc1nc(C)nc(NC(=O)NS(=O)(=O)c2c(Cl)n(C)ccc2=O)n1. The van der Waals surface area contributed by atoms with E-state index in [1.54, 1.807) is 4.72 Å². The minimum Gasteiger partial charge on any atom is -0.467 e. The molecule has 2 rings (SSSR count). The van der Waals surface area contributed by atoms with Crippen molar-refractivity contribution in [3.8, 4) is 6.01 Å². The molecular weight excluding hydrogens is 376 g/mol. The van der Waals surface area contributed by atoms with Crippen molar-refractivity contribution >= 4 is 33.6 Å². The van der Waals surface area contributed by atoms with Gasteiger partial charge in [0, 0.05) is 19.3 Å². The number of methoxy groups -OCH3 is 1. The van der Waals surface area contributed by atoms with Gasteiger partial charge < -0.3 is 9.30 Å². The molecule has 0 saturated heterocycles. The number of carbonyl (C=O) groups is 1. The van der Waals surface area contributed by atoms with Crippen molar-refractivity contribution in [2.45, 2.75) is 11.8 Å². The lowest BCUT2D eigenvalue weighted by Gasteiger charge is -2.10. The molecule has 0 spiro atoms. The van der Waals surface area contributed by atoms with Crippen LogP contribution in [0.2, 0.25) is 5.15 Å². The molecule has 0 aliphatic heterocycles. The Morgan fingerprint density at radius 3 is 2.64 bits per heavy atom. The number of halogens is 1. The molecular formula is C12H13ClN6O5S. The normalized spacial score (nSPS) is 11.0. The molecule has 0 radical (unpaired) electrons. The van der Waals surface area contributed by atoms with Crippen LogP contribution >= 0.6 is 11.6 Å². The highest BCUT2D eigenvalue weighted by molar-refractivity contribution is 7.90. The van der Waals surface area contributed by atoms with Crippen LogP contribution in [-0.4, -0.2) is 41.1 Å². The van der Waals surface area contributed by atoms with Gasteiger partial charge in [0.1, 0.15) is 11.0 Å². The fourth-order valence-electron chi connectivity index (χ4n) is 1.73. The minimum atomic E-state index is -4.52. The van der Waals surface area contributed by atoms with Crippen LogP contribution in [0.3, 0.4) is 0 Å². The highest BCUT2D eigenvalue weighted by atomic mass is 35.5. The van der Waals surface area contributed by atoms with Crippen LogP contribution in [0, 0.1) is 6.92 Å². The van der Waals surface area contributed by atoms with Gasteiger partial charge in [-0.3, -0.25) is 10.1 Å². The number of ether oxygens (including phenoxy) is 1. The Balaban J connectivity index is 2.27. The zero-order chi connectivity index (χ0) is 18.8. The predicted molar refractivity (Wildman–Crippen MR) is 87.1 cm³/mol. The molecule has 2 aromatic rings. The van der Waals surface area contributed by atoms with Crippen LogP contribution in [0.25, 0.3) is 0 Å². The van der Waals surface area contributed by atoms with Crippen LogP contribution < -0.4 is 20.2 Å². The molecule has 25 heavy (non-hydrogen) atoms. The molecule has 0 saturated carbocycles. The van der Waals surface area contributed by atoms with Crippen molar-refractivity contribution in [2.24, 2.45) is 7.05 Å². The lowest BCUT2D eigenvalue weighted by Crippen LogP contribution is -2.37. The van der Waals surface area contributed by atoms with Crippen LogP contribution in [0.1, 0.15) is 5.82 Å². The summed E-state index contributed by atoms with van der Waals surface area (Å²) < 4.78 is 32.2. The summed E-state index contributed by atoms with van der Waals surface area (Å²) >= 11 is 5.85. The number of aromatic nitrogens is 4. The first-order valence-electron chi connectivity index (χ1n) is 6.59. The van der Waals surface area contributed by atoms with Crippen molar-refractivity contribution in [3.63, 3.8) is 0 Å². The van der Waals surface area contributed by atoms with E-state index in [-0.39, 0.29) is 22.9 Å². The van der Waals surface area contributed by atoms with E-state index in [9.17, 15) is 18.0 Å². The van der Waals surface area contributed by atoms with Gasteiger partial charge >= 0.3 is 12.0 Å². The fourth-order valence-corrected chi connectivity index (χ4v) is 3.28. The largest absolute Gasteiger partial charge is 0.467 e. The number of anilines is 1. The molecule has 134 valence electrons. The van der Waals surface area contributed by atoms with E-state index in [1.165, 1.54) is 31.8 Å². The third-order valence-corrected chi connectivity index (χ3v) is 4.75. The first kappa shape index (κ1) is 18.6. The average Bonchev–Trinajstić information content (AvgIpc) is 2.49. The summed E-state index contributed by atoms with van der Waals surface area (Å²) in [4.78, 5) is 34.4. The number of pyridine rings is 1. The Bertz CT molecular complexity index is 990. The summed E-state index contributed by atoms with van der Waals surface area (Å²) in [7, 11) is -1.76. The highest BCUT2D eigenvalue weighted by Gasteiger charge is 2.25. The van der Waals surface area contributed by atoms with Gasteiger partial charge in [-0.25, -0.2) is 17.9 Å². The Hall–Kier alpha value is -2.73. The minimum absolute atomic E-state index is 0.0642. The Kier molecular flexibility index (Phi) is 5.23. The van der Waals surface area contributed by atoms with Crippen molar-refractivity contribution in [1.82, 2.24) is 24.2 Å². The Morgan fingerprint density at radius 2 is 2.00 bits per heavy atom. The van der Waals surface area contributed by atoms with E-state index in [0.717, 1.165) is 6.07 Å². The second-order valence-corrected chi connectivity index (χ2v) is 6.64. The number of urea groups is 1. The highest BCUT2D eigenvalue weighted by Crippen LogP contribution is 2.16. The number of hydrogen-bond acceptors (Lipinski definition) is 8. The van der Waals surface area contributed by atoms with Crippen LogP contribution in [0.5, 0.6) is 6.01 Å². The quantitative estimate of drug-likeness (QED) is 0.699. The van der Waals surface area contributed by atoms with Gasteiger partial charge in [0.2, 0.25) is 11.4 Å². The molecule has 0 unspecified atom stereocenters. The zero-order valence-electron chi connectivity index (χ0n) is 13.3. The first-order chi connectivity index (χ1) is 11.6. The van der Waals surface area contributed by atoms with Gasteiger partial charge in [-0.15, -0.1) is 0 Å². The summed E-state index contributed by atoms with van der Waals surface area (Å²) in [6.07, 6.45) is 1.30. The molecule has 2 heterocycles. The molecule has 0 aliphatic carbocycles. The fraction of sp³-hybridized carbons (Fsp3) is 0.250. The van der Waals surface area contributed by atoms with Gasteiger partial charge in [0.15, 0.2) is 4.90 Å². The van der Waals surface area contributed by atoms with Crippen LogP contribution in [0.4, 0.5) is 10.7 Å². The summed E-state index contributed by atoms with van der Waals surface area (Å²) in [5.74, 6) is 0.00842. The molecule has 0 aliphatic rings. The zero-order valence-corrected chi connectivity index (χ0v) is 14.8. The van der Waals surface area contributed by atoms with E-state index in [4.69, 9.17) is 16.3 Å². The Labute approximate surface area is 147 Å². The number of hydrogen-bond donors (Lipinski definition) is 2. The Morgan fingerprint density at radius 1 is 1.32 bits per heavy atom. The first-order valence-corrected chi connectivity index (χ1v) is 8.45. The van der Waals surface area contributed by atoms with Gasteiger partial charge in [-0.1, -0.05) is 11.6 Å². The van der Waals surface area contributed by atoms with Crippen molar-refractivity contribution in [3.05, 3.63) is 33.5 Å². The summed E-state index contributed by atoms with van der Waals surface area (Å²) in [6, 6.07) is -0.237. The lowest BCUT2D eigenvalue weighted by molar-refractivity contribution is 0.256. The molecule has 0 bridgehead atoms. The molecule has 0 atom stereocenters. The predicted octanol–water partition coefficient (Wildman–Crippen LogP) is 0.0511. The molecule has 2 amide bonds. The van der Waals surface area contributed by atoms with Gasteiger partial charge in [-0.2, -0.15) is 15.0 Å². The van der Waals surface area contributed by atoms with Crippen LogP contribution in [0.15, 0.2) is 22.0 Å². The van der Waals surface area contributed by atoms with Crippen molar-refractivity contribution in [1.29, 1.82) is 0 Å². The second-order valence-electron chi connectivity index (χ2n) is 4.66. The molecule has 13 heteroatoms. The lowest BCUT2D eigenvalue weighted by atomic mass is 10.5. The topological polar surface area (TPSA) is 145 Å². The standard InChI is InChI=1S/C12H13ClN6O5S/c1-6-14-10(17-12(15-6)24-3)16-11(21)18-25(22,23)8-7(20)4-5-19(2)9(8)13/h4-5H,1-3H3,(H2,14,15,16,17,18,21). The van der Waals surface area contributed by atoms with E-state index in [2.05, 4.69) is 20.3 Å². The molecule has 2 N–H and O–H groups in total. The number of nitrogens with zero attached hydrogens (tertiary/aromatic N) is 4. The number of nitrogens with one attached hydrogen (secondary N) is 2. The second kappa shape index (κ2) is 7.03. The number of sulfonamides is 1. The number of rotatable bonds is 4. The van der Waals surface area contributed by atoms with E-state index in [1.807, 2.05) is 0 Å². The number of carbonyl (C=O) groups excluding carboxylic acids is 1. The maximum Gasteiger partial charge on any atom is 0.335 e. The molecule has 0 aromatic carbocycles. The average molecular weight is 389 g/mol. The maximum absolute atomic E-state index is 12.3. The third kappa shape index (κ3) is 4.22. The van der Waals surface area contributed by atoms with Crippen LogP contribution in [-0.2, 0) is 17.1 Å². The van der Waals surface area contributed by atoms with Gasteiger partial charge in [0.25, 0.3) is 10.0 Å². The molecule has 11 nitrogen and oxygen atoms in total. The maximum atomic E-state index is 12.3. The van der Waals surface area contributed by atoms with Gasteiger partial charge in [0.05, 0.1) is 7.11 Å². The van der Waals surface area contributed by atoms with Gasteiger partial charge in [-0.05, 0) is 6.92 Å². The van der Waals surface area contributed by atoms with E-state index >= 15 is 0 Å². The smallest absolute Gasteiger partial charge is 0.335 e. The summed E-state index contributed by atoms with van der Waals surface area (Å²) in [5.41, 5.74) is -0.860. The molecule has 0 fully saturated rings. The molecule has 2 aromatic heterocycles. The monoisotopic (exact) mass is 388 g/mol. The number of amides is 2. The van der Waals surface area contributed by atoms with E-state index in [0.29, 0.717) is 0 Å². The van der Waals surface area contributed by atoms with Crippen molar-refractivity contribution in [2.75, 3.05) is 12.4 Å². The van der Waals surface area contributed by atoms with Crippen molar-refractivity contribution < 1.29 is 17.9 Å². The number of aryl methyl sites for hydroxylation is 2. The van der Waals surface area contributed by atoms with E-state index < -0.39 is 26.4 Å².